The summed E-state index contributed by atoms with van der Waals surface area (Å²) in [4.78, 5) is 0. The summed E-state index contributed by atoms with van der Waals surface area (Å²) in [5.41, 5.74) is 1.24. The molecule has 2 nitrogen and oxygen atoms in total. The molecular weight excluding hydrogens is 257 g/mol. The molecule has 0 aliphatic carbocycles. The predicted octanol–water partition coefficient (Wildman–Crippen LogP) is 4.51. The molecule has 1 atom stereocenters. The minimum Gasteiger partial charge on any atom is -0.461 e. The largest absolute Gasteiger partial charge is 0.461 e. The van der Waals surface area contributed by atoms with Crippen molar-refractivity contribution in [2.45, 2.75) is 38.5 Å². The zero-order valence-electron chi connectivity index (χ0n) is 10.5. The van der Waals surface area contributed by atoms with Crippen LogP contribution in [0.1, 0.15) is 36.7 Å². The Hall–Kier alpha value is -1.49. The van der Waals surface area contributed by atoms with Crippen molar-refractivity contribution in [1.82, 2.24) is 0 Å². The summed E-state index contributed by atoms with van der Waals surface area (Å²) < 4.78 is 41.7. The van der Waals surface area contributed by atoms with Crippen LogP contribution in [0.25, 0.3) is 11.0 Å². The van der Waals surface area contributed by atoms with E-state index in [1.807, 2.05) is 12.1 Å². The van der Waals surface area contributed by atoms with Crippen molar-refractivity contribution >= 4 is 11.0 Å². The summed E-state index contributed by atoms with van der Waals surface area (Å²) in [5.74, 6) is 0.556. The molecule has 1 N–H and O–H groups in total. The van der Waals surface area contributed by atoms with Crippen molar-refractivity contribution in [2.24, 2.45) is 0 Å². The fourth-order valence-corrected chi connectivity index (χ4v) is 2.24. The number of rotatable bonds is 4. The number of fused-ring (bicyclic) bond motifs is 1. The van der Waals surface area contributed by atoms with E-state index in [9.17, 15) is 18.3 Å². The van der Waals surface area contributed by atoms with Gasteiger partial charge in [-0.25, -0.2) is 0 Å². The van der Waals surface area contributed by atoms with Crippen LogP contribution < -0.4 is 0 Å². The van der Waals surface area contributed by atoms with Crippen LogP contribution in [-0.4, -0.2) is 11.3 Å². The van der Waals surface area contributed by atoms with Gasteiger partial charge in [0.05, 0.1) is 6.10 Å². The Labute approximate surface area is 108 Å². The van der Waals surface area contributed by atoms with Gasteiger partial charge in [-0.1, -0.05) is 18.2 Å². The first-order chi connectivity index (χ1) is 8.88. The molecule has 0 aliphatic heterocycles. The first kappa shape index (κ1) is 13.9. The van der Waals surface area contributed by atoms with Crippen molar-refractivity contribution in [3.05, 3.63) is 35.6 Å². The van der Waals surface area contributed by atoms with Crippen LogP contribution in [0, 0.1) is 6.92 Å². The number of halogens is 3. The quantitative estimate of drug-likeness (QED) is 0.888. The van der Waals surface area contributed by atoms with Gasteiger partial charge < -0.3 is 9.52 Å². The average molecular weight is 272 g/mol. The van der Waals surface area contributed by atoms with E-state index in [-0.39, 0.29) is 12.8 Å². The summed E-state index contributed by atoms with van der Waals surface area (Å²) in [5, 5.41) is 10.8. The Morgan fingerprint density at radius 1 is 1.26 bits per heavy atom. The molecule has 0 fully saturated rings. The van der Waals surface area contributed by atoms with Crippen LogP contribution in [0.2, 0.25) is 0 Å². The first-order valence-electron chi connectivity index (χ1n) is 6.11. The van der Waals surface area contributed by atoms with Gasteiger partial charge >= 0.3 is 6.18 Å². The molecule has 1 unspecified atom stereocenters. The van der Waals surface area contributed by atoms with Crippen LogP contribution in [0.5, 0.6) is 0 Å². The summed E-state index contributed by atoms with van der Waals surface area (Å²) in [7, 11) is 0. The first-order valence-corrected chi connectivity index (χ1v) is 6.11. The average Bonchev–Trinajstić information content (AvgIpc) is 2.63. The number of hydrogen-bond donors (Lipinski definition) is 1. The lowest BCUT2D eigenvalue weighted by molar-refractivity contribution is -0.136. The lowest BCUT2D eigenvalue weighted by atomic mass is 10.0. The summed E-state index contributed by atoms with van der Waals surface area (Å²) in [6.45, 7) is 1.71. The molecule has 0 bridgehead atoms. The minimum absolute atomic E-state index is 0.0733. The van der Waals surface area contributed by atoms with Gasteiger partial charge in [0.2, 0.25) is 0 Å². The molecule has 0 saturated carbocycles. The molecule has 0 spiro atoms. The van der Waals surface area contributed by atoms with Crippen molar-refractivity contribution < 1.29 is 22.7 Å². The number of furan rings is 1. The molecule has 5 heteroatoms. The zero-order chi connectivity index (χ0) is 14.0. The topological polar surface area (TPSA) is 33.4 Å². The number of aliphatic hydroxyl groups excluding tert-OH is 1. The van der Waals surface area contributed by atoms with Gasteiger partial charge in [-0.2, -0.15) is 13.2 Å². The third kappa shape index (κ3) is 3.29. The van der Waals surface area contributed by atoms with E-state index in [1.165, 1.54) is 0 Å². The standard InChI is InChI=1S/C14H15F3O2/c1-9-13(10-5-2-3-7-12(10)19-9)11(18)6-4-8-14(15,16)17/h2-3,5,7,11,18H,4,6,8H2,1H3. The highest BCUT2D eigenvalue weighted by Gasteiger charge is 2.27. The molecule has 1 aromatic carbocycles. The maximum atomic E-state index is 12.1. The van der Waals surface area contributed by atoms with Crippen LogP contribution in [0.3, 0.4) is 0 Å². The van der Waals surface area contributed by atoms with Crippen molar-refractivity contribution in [2.75, 3.05) is 0 Å². The van der Waals surface area contributed by atoms with Gasteiger partial charge in [0.25, 0.3) is 0 Å². The van der Waals surface area contributed by atoms with E-state index >= 15 is 0 Å². The molecule has 0 amide bonds. The molecule has 104 valence electrons. The predicted molar refractivity (Wildman–Crippen MR) is 65.8 cm³/mol. The van der Waals surface area contributed by atoms with Crippen LogP contribution in [0.4, 0.5) is 13.2 Å². The number of benzene rings is 1. The second-order valence-electron chi connectivity index (χ2n) is 4.59. The summed E-state index contributed by atoms with van der Waals surface area (Å²) in [6, 6.07) is 7.19. The van der Waals surface area contributed by atoms with E-state index in [0.29, 0.717) is 16.9 Å². The number of alkyl halides is 3. The monoisotopic (exact) mass is 272 g/mol. The maximum Gasteiger partial charge on any atom is 0.389 e. The van der Waals surface area contributed by atoms with E-state index in [4.69, 9.17) is 4.42 Å². The summed E-state index contributed by atoms with van der Waals surface area (Å²) >= 11 is 0. The van der Waals surface area contributed by atoms with Gasteiger partial charge in [0.15, 0.2) is 0 Å². The van der Waals surface area contributed by atoms with E-state index < -0.39 is 18.7 Å². The zero-order valence-corrected chi connectivity index (χ0v) is 10.5. The number of para-hydroxylation sites is 1. The highest BCUT2D eigenvalue weighted by atomic mass is 19.4. The Morgan fingerprint density at radius 3 is 2.63 bits per heavy atom. The van der Waals surface area contributed by atoms with Crippen LogP contribution in [0.15, 0.2) is 28.7 Å². The molecule has 0 radical (unpaired) electrons. The lowest BCUT2D eigenvalue weighted by Crippen LogP contribution is -2.08. The molecule has 19 heavy (non-hydrogen) atoms. The maximum absolute atomic E-state index is 12.1. The van der Waals surface area contributed by atoms with Crippen molar-refractivity contribution in [3.63, 3.8) is 0 Å². The highest BCUT2D eigenvalue weighted by molar-refractivity contribution is 5.82. The fraction of sp³-hybridized carbons (Fsp3) is 0.429. The van der Waals surface area contributed by atoms with E-state index in [1.54, 1.807) is 19.1 Å². The Bertz CT molecular complexity index is 557. The fourth-order valence-electron chi connectivity index (χ4n) is 2.24. The minimum atomic E-state index is -4.17. The van der Waals surface area contributed by atoms with Crippen LogP contribution >= 0.6 is 0 Å². The smallest absolute Gasteiger partial charge is 0.389 e. The third-order valence-electron chi connectivity index (χ3n) is 3.09. The normalized spacial score (nSPS) is 13.9. The molecule has 0 saturated heterocycles. The Morgan fingerprint density at radius 2 is 1.95 bits per heavy atom. The number of aliphatic hydroxyl groups is 1. The van der Waals surface area contributed by atoms with E-state index in [2.05, 4.69) is 0 Å². The lowest BCUT2D eigenvalue weighted by Gasteiger charge is -2.11. The van der Waals surface area contributed by atoms with Crippen molar-refractivity contribution in [1.29, 1.82) is 0 Å². The SMILES string of the molecule is Cc1oc2ccccc2c1C(O)CCCC(F)(F)F. The molecule has 2 rings (SSSR count). The molecule has 0 aliphatic rings. The second kappa shape index (κ2) is 5.25. The number of aryl methyl sites for hydroxylation is 1. The third-order valence-corrected chi connectivity index (χ3v) is 3.09. The van der Waals surface area contributed by atoms with Crippen LogP contribution in [-0.2, 0) is 0 Å². The van der Waals surface area contributed by atoms with E-state index in [0.717, 1.165) is 5.39 Å². The van der Waals surface area contributed by atoms with Gasteiger partial charge in [-0.3, -0.25) is 0 Å². The number of hydrogen-bond acceptors (Lipinski definition) is 2. The molecule has 1 heterocycles. The van der Waals surface area contributed by atoms with Gasteiger partial charge in [-0.15, -0.1) is 0 Å². The van der Waals surface area contributed by atoms with Crippen molar-refractivity contribution in [3.8, 4) is 0 Å². The Balaban J connectivity index is 2.13. The Kier molecular flexibility index (Phi) is 3.85. The summed E-state index contributed by atoms with van der Waals surface area (Å²) in [6.07, 6.45) is -5.99. The van der Waals surface area contributed by atoms with Gasteiger partial charge in [0.1, 0.15) is 11.3 Å². The van der Waals surface area contributed by atoms with Gasteiger partial charge in [-0.05, 0) is 25.8 Å². The van der Waals surface area contributed by atoms with Gasteiger partial charge in [0, 0.05) is 17.4 Å². The highest BCUT2D eigenvalue weighted by Crippen LogP contribution is 2.33. The molecule has 1 aromatic heterocycles. The molecule has 2 aromatic rings. The second-order valence-corrected chi connectivity index (χ2v) is 4.59. The molecular formula is C14H15F3O2.